The Labute approximate surface area is 153 Å². The normalized spacial score (nSPS) is 20.9. The van der Waals surface area contributed by atoms with Crippen LogP contribution in [0.4, 0.5) is 0 Å². The van der Waals surface area contributed by atoms with Gasteiger partial charge in [-0.2, -0.15) is 0 Å². The first kappa shape index (κ1) is 20.2. The van der Waals surface area contributed by atoms with Crippen molar-refractivity contribution in [3.8, 4) is 0 Å². The van der Waals surface area contributed by atoms with Crippen LogP contribution >= 0.6 is 0 Å². The lowest BCUT2D eigenvalue weighted by Gasteiger charge is -2.39. The molecule has 6 nitrogen and oxygen atoms in total. The molecule has 144 valence electrons. The monoisotopic (exact) mass is 352 g/mol. The fourth-order valence-electron chi connectivity index (χ4n) is 3.67. The maximum atomic E-state index is 12.2. The number of piperidine rings is 1. The molecule has 2 aliphatic rings. The largest absolute Gasteiger partial charge is 0.348 e. The zero-order chi connectivity index (χ0) is 18.4. The SMILES string of the molecule is CC(C)CC(=O)N1CCC(CN2CCN(CC(=O)N(C)C)CC2)CC1. The summed E-state index contributed by atoms with van der Waals surface area (Å²) < 4.78 is 0. The lowest BCUT2D eigenvalue weighted by molar-refractivity contribution is -0.133. The summed E-state index contributed by atoms with van der Waals surface area (Å²) >= 11 is 0. The molecule has 25 heavy (non-hydrogen) atoms. The summed E-state index contributed by atoms with van der Waals surface area (Å²) in [6, 6.07) is 0. The average Bonchev–Trinajstić information content (AvgIpc) is 2.56. The molecule has 0 aromatic heterocycles. The number of carbonyl (C=O) groups excluding carboxylic acids is 2. The lowest BCUT2D eigenvalue weighted by atomic mass is 9.95. The molecular weight excluding hydrogens is 316 g/mol. The highest BCUT2D eigenvalue weighted by Gasteiger charge is 2.26. The quantitative estimate of drug-likeness (QED) is 0.715. The van der Waals surface area contributed by atoms with Crippen molar-refractivity contribution in [3.63, 3.8) is 0 Å². The van der Waals surface area contributed by atoms with Crippen LogP contribution in [0.15, 0.2) is 0 Å². The third-order valence-corrected chi connectivity index (χ3v) is 5.39. The van der Waals surface area contributed by atoms with E-state index in [2.05, 4.69) is 28.5 Å². The molecule has 0 aromatic rings. The van der Waals surface area contributed by atoms with Gasteiger partial charge in [0.2, 0.25) is 11.8 Å². The number of likely N-dealkylation sites (N-methyl/N-ethyl adjacent to an activating group) is 1. The Morgan fingerprint density at radius 2 is 1.52 bits per heavy atom. The van der Waals surface area contributed by atoms with Gasteiger partial charge in [-0.1, -0.05) is 13.8 Å². The predicted molar refractivity (Wildman–Crippen MR) is 100 cm³/mol. The van der Waals surface area contributed by atoms with Gasteiger partial charge in [-0.25, -0.2) is 0 Å². The van der Waals surface area contributed by atoms with Crippen LogP contribution in [0.1, 0.15) is 33.1 Å². The van der Waals surface area contributed by atoms with Crippen LogP contribution in [0, 0.1) is 11.8 Å². The Hall–Kier alpha value is -1.14. The van der Waals surface area contributed by atoms with Crippen molar-refractivity contribution in [2.75, 3.05) is 66.5 Å². The number of carbonyl (C=O) groups is 2. The van der Waals surface area contributed by atoms with Crippen molar-refractivity contribution in [3.05, 3.63) is 0 Å². The Balaban J connectivity index is 1.65. The van der Waals surface area contributed by atoms with Crippen LogP contribution in [-0.4, -0.2) is 97.9 Å². The van der Waals surface area contributed by atoms with E-state index in [0.29, 0.717) is 30.7 Å². The summed E-state index contributed by atoms with van der Waals surface area (Å²) in [4.78, 5) is 32.5. The molecule has 0 unspecified atom stereocenters. The minimum atomic E-state index is 0.187. The summed E-state index contributed by atoms with van der Waals surface area (Å²) in [5.41, 5.74) is 0. The first-order valence-corrected chi connectivity index (χ1v) is 9.77. The summed E-state index contributed by atoms with van der Waals surface area (Å²) in [6.45, 7) is 11.8. The molecule has 0 N–H and O–H groups in total. The highest BCUT2D eigenvalue weighted by Crippen LogP contribution is 2.20. The molecule has 2 aliphatic heterocycles. The van der Waals surface area contributed by atoms with Gasteiger partial charge in [0.1, 0.15) is 0 Å². The molecule has 0 bridgehead atoms. The molecule has 0 aromatic carbocycles. The predicted octanol–water partition coefficient (Wildman–Crippen LogP) is 0.977. The topological polar surface area (TPSA) is 47.1 Å². The van der Waals surface area contributed by atoms with E-state index in [-0.39, 0.29) is 5.91 Å². The molecule has 0 spiro atoms. The van der Waals surface area contributed by atoms with Gasteiger partial charge < -0.3 is 14.7 Å². The van der Waals surface area contributed by atoms with Gasteiger partial charge in [-0.05, 0) is 24.7 Å². The van der Waals surface area contributed by atoms with Crippen molar-refractivity contribution >= 4 is 11.8 Å². The maximum Gasteiger partial charge on any atom is 0.236 e. The summed E-state index contributed by atoms with van der Waals surface area (Å²) in [5, 5.41) is 0. The fraction of sp³-hybridized carbons (Fsp3) is 0.895. The van der Waals surface area contributed by atoms with Crippen molar-refractivity contribution in [1.82, 2.24) is 19.6 Å². The summed E-state index contributed by atoms with van der Waals surface area (Å²) in [6.07, 6.45) is 2.94. The fourth-order valence-corrected chi connectivity index (χ4v) is 3.67. The second kappa shape index (κ2) is 9.53. The molecule has 2 amide bonds. The lowest BCUT2D eigenvalue weighted by Crippen LogP contribution is -2.51. The summed E-state index contributed by atoms with van der Waals surface area (Å²) in [5.74, 6) is 1.67. The third-order valence-electron chi connectivity index (χ3n) is 5.39. The average molecular weight is 353 g/mol. The summed E-state index contributed by atoms with van der Waals surface area (Å²) in [7, 11) is 3.63. The van der Waals surface area contributed by atoms with Crippen molar-refractivity contribution in [1.29, 1.82) is 0 Å². The van der Waals surface area contributed by atoms with Gasteiger partial charge in [-0.15, -0.1) is 0 Å². The highest BCUT2D eigenvalue weighted by atomic mass is 16.2. The maximum absolute atomic E-state index is 12.2. The van der Waals surface area contributed by atoms with Crippen LogP contribution in [0.5, 0.6) is 0 Å². The molecule has 2 heterocycles. The Bertz CT molecular complexity index is 437. The van der Waals surface area contributed by atoms with Crippen LogP contribution < -0.4 is 0 Å². The molecule has 0 aliphatic carbocycles. The van der Waals surface area contributed by atoms with E-state index in [0.717, 1.165) is 58.7 Å². The number of likely N-dealkylation sites (tertiary alicyclic amines) is 1. The number of amides is 2. The molecule has 2 saturated heterocycles. The molecule has 0 atom stereocenters. The van der Waals surface area contributed by atoms with Crippen molar-refractivity contribution in [2.24, 2.45) is 11.8 Å². The first-order chi connectivity index (χ1) is 11.8. The Kier molecular flexibility index (Phi) is 7.69. The minimum Gasteiger partial charge on any atom is -0.348 e. The van der Waals surface area contributed by atoms with Crippen LogP contribution in [-0.2, 0) is 9.59 Å². The van der Waals surface area contributed by atoms with E-state index in [9.17, 15) is 9.59 Å². The van der Waals surface area contributed by atoms with Crippen LogP contribution in [0.3, 0.4) is 0 Å². The van der Waals surface area contributed by atoms with Crippen LogP contribution in [0.2, 0.25) is 0 Å². The Morgan fingerprint density at radius 1 is 0.960 bits per heavy atom. The molecule has 2 rings (SSSR count). The number of hydrogen-bond acceptors (Lipinski definition) is 4. The highest BCUT2D eigenvalue weighted by molar-refractivity contribution is 5.77. The van der Waals surface area contributed by atoms with Gasteiger partial charge in [0.05, 0.1) is 6.54 Å². The van der Waals surface area contributed by atoms with E-state index in [1.807, 2.05) is 14.1 Å². The number of rotatable bonds is 6. The second-order valence-electron chi connectivity index (χ2n) is 8.29. The first-order valence-electron chi connectivity index (χ1n) is 9.77. The van der Waals surface area contributed by atoms with E-state index in [1.165, 1.54) is 0 Å². The van der Waals surface area contributed by atoms with E-state index < -0.39 is 0 Å². The second-order valence-corrected chi connectivity index (χ2v) is 8.29. The molecule has 6 heteroatoms. The van der Waals surface area contributed by atoms with Gasteiger partial charge >= 0.3 is 0 Å². The molecule has 0 saturated carbocycles. The van der Waals surface area contributed by atoms with E-state index in [4.69, 9.17) is 0 Å². The van der Waals surface area contributed by atoms with Gasteiger partial charge in [-0.3, -0.25) is 14.5 Å². The molecule has 0 radical (unpaired) electrons. The smallest absolute Gasteiger partial charge is 0.236 e. The van der Waals surface area contributed by atoms with Gasteiger partial charge in [0, 0.05) is 66.3 Å². The zero-order valence-corrected chi connectivity index (χ0v) is 16.5. The number of hydrogen-bond donors (Lipinski definition) is 0. The zero-order valence-electron chi connectivity index (χ0n) is 16.5. The van der Waals surface area contributed by atoms with Crippen molar-refractivity contribution in [2.45, 2.75) is 33.1 Å². The number of piperazine rings is 1. The van der Waals surface area contributed by atoms with Crippen molar-refractivity contribution < 1.29 is 9.59 Å². The molecule has 2 fully saturated rings. The minimum absolute atomic E-state index is 0.187. The van der Waals surface area contributed by atoms with E-state index in [1.54, 1.807) is 4.90 Å². The Morgan fingerprint density at radius 3 is 2.04 bits per heavy atom. The molecular formula is C19H36N4O2. The van der Waals surface area contributed by atoms with Gasteiger partial charge in [0.25, 0.3) is 0 Å². The standard InChI is InChI=1S/C19H36N4O2/c1-16(2)13-18(24)23-7-5-17(6-8-23)14-21-9-11-22(12-10-21)15-19(25)20(3)4/h16-17H,5-15H2,1-4H3. The number of nitrogens with zero attached hydrogens (tertiary/aromatic N) is 4. The van der Waals surface area contributed by atoms with Gasteiger partial charge in [0.15, 0.2) is 0 Å². The van der Waals surface area contributed by atoms with E-state index >= 15 is 0 Å². The third kappa shape index (κ3) is 6.59. The van der Waals surface area contributed by atoms with Crippen LogP contribution in [0.25, 0.3) is 0 Å².